The molecule has 0 amide bonds. The molecule has 86 valence electrons. The third-order valence-corrected chi connectivity index (χ3v) is 4.28. The molecule has 2 aliphatic heterocycles. The normalized spacial score (nSPS) is 36.8. The summed E-state index contributed by atoms with van der Waals surface area (Å²) in [6.07, 6.45) is 9.80. The molecule has 0 bridgehead atoms. The average Bonchev–Trinajstić information content (AvgIpc) is 2.98. The average molecular weight is 219 g/mol. The molecule has 1 aromatic heterocycles. The van der Waals surface area contributed by atoms with Crippen molar-refractivity contribution in [3.05, 3.63) is 12.5 Å². The molecule has 1 aromatic rings. The fourth-order valence-electron chi connectivity index (χ4n) is 3.58. The van der Waals surface area contributed by atoms with E-state index in [0.29, 0.717) is 12.2 Å². The number of rotatable bonds is 0. The number of hydrogen-bond acceptors (Lipinski definition) is 4. The van der Waals surface area contributed by atoms with Crippen LogP contribution in [0.2, 0.25) is 0 Å². The molecule has 0 spiro atoms. The van der Waals surface area contributed by atoms with E-state index in [1.165, 1.54) is 31.5 Å². The Morgan fingerprint density at radius 1 is 1.31 bits per heavy atom. The predicted octanol–water partition coefficient (Wildman–Crippen LogP) is 0.826. The van der Waals surface area contributed by atoms with Crippen LogP contribution in [0, 0.1) is 5.92 Å². The highest BCUT2D eigenvalue weighted by molar-refractivity contribution is 5.42. The minimum Gasteiger partial charge on any atom is -0.313 e. The van der Waals surface area contributed by atoms with Gasteiger partial charge in [0.15, 0.2) is 0 Å². The summed E-state index contributed by atoms with van der Waals surface area (Å²) in [7, 11) is 0. The zero-order valence-corrected chi connectivity index (χ0v) is 9.26. The first-order chi connectivity index (χ1) is 7.95. The van der Waals surface area contributed by atoms with Gasteiger partial charge in [-0.1, -0.05) is 12.8 Å². The van der Waals surface area contributed by atoms with E-state index in [1.807, 2.05) is 12.5 Å². The van der Waals surface area contributed by atoms with E-state index in [0.717, 1.165) is 12.6 Å². The maximum absolute atomic E-state index is 4.31. The van der Waals surface area contributed by atoms with Crippen LogP contribution in [0.25, 0.3) is 0 Å². The van der Waals surface area contributed by atoms with Gasteiger partial charge in [0.1, 0.15) is 12.0 Å². The number of fused-ring (bicyclic) bond motifs is 6. The van der Waals surface area contributed by atoms with Crippen LogP contribution in [-0.4, -0.2) is 22.4 Å². The molecular weight excluding hydrogens is 202 g/mol. The summed E-state index contributed by atoms with van der Waals surface area (Å²) in [6, 6.07) is 0.653. The van der Waals surface area contributed by atoms with Gasteiger partial charge in [-0.05, 0) is 12.8 Å². The van der Waals surface area contributed by atoms with Crippen molar-refractivity contribution in [3.63, 3.8) is 0 Å². The van der Waals surface area contributed by atoms with Crippen LogP contribution in [0.3, 0.4) is 0 Å². The van der Waals surface area contributed by atoms with Crippen LogP contribution in [0.5, 0.6) is 0 Å². The lowest BCUT2D eigenvalue weighted by molar-refractivity contribution is 0.174. The topological polar surface area (TPSA) is 45.1 Å². The molecule has 1 aliphatic carbocycles. The first kappa shape index (κ1) is 9.01. The van der Waals surface area contributed by atoms with Gasteiger partial charge >= 0.3 is 0 Å². The van der Waals surface area contributed by atoms with Gasteiger partial charge in [0.05, 0.1) is 19.2 Å². The largest absolute Gasteiger partial charge is 0.313 e. The van der Waals surface area contributed by atoms with E-state index in [-0.39, 0.29) is 0 Å². The lowest BCUT2D eigenvalue weighted by atomic mass is 9.81. The molecular formula is C11H17N5. The lowest BCUT2D eigenvalue weighted by Gasteiger charge is -2.45. The van der Waals surface area contributed by atoms with E-state index in [4.69, 9.17) is 0 Å². The molecule has 3 unspecified atom stereocenters. The van der Waals surface area contributed by atoms with Crippen molar-refractivity contribution in [3.8, 4) is 0 Å². The molecule has 3 atom stereocenters. The van der Waals surface area contributed by atoms with E-state index >= 15 is 0 Å². The zero-order chi connectivity index (χ0) is 10.5. The summed E-state index contributed by atoms with van der Waals surface area (Å²) >= 11 is 0. The van der Waals surface area contributed by atoms with Gasteiger partial charge in [0.25, 0.3) is 0 Å². The van der Waals surface area contributed by atoms with Gasteiger partial charge in [-0.3, -0.25) is 10.3 Å². The predicted molar refractivity (Wildman–Crippen MR) is 60.6 cm³/mol. The van der Waals surface area contributed by atoms with Crippen molar-refractivity contribution in [2.45, 2.75) is 37.9 Å². The van der Waals surface area contributed by atoms with Crippen molar-refractivity contribution in [1.29, 1.82) is 0 Å². The van der Waals surface area contributed by atoms with Crippen molar-refractivity contribution in [2.75, 3.05) is 11.7 Å². The van der Waals surface area contributed by atoms with E-state index < -0.39 is 0 Å². The molecule has 2 N–H and O–H groups in total. The Hall–Kier alpha value is -1.07. The number of imidazole rings is 1. The van der Waals surface area contributed by atoms with Gasteiger partial charge < -0.3 is 4.57 Å². The Morgan fingerprint density at radius 3 is 3.25 bits per heavy atom. The highest BCUT2D eigenvalue weighted by Gasteiger charge is 2.44. The van der Waals surface area contributed by atoms with Crippen LogP contribution >= 0.6 is 0 Å². The lowest BCUT2D eigenvalue weighted by Crippen LogP contribution is -2.53. The molecule has 3 heterocycles. The monoisotopic (exact) mass is 219 g/mol. The Bertz CT molecular complexity index is 401. The summed E-state index contributed by atoms with van der Waals surface area (Å²) in [4.78, 5) is 4.31. The first-order valence-electron chi connectivity index (χ1n) is 6.23. The van der Waals surface area contributed by atoms with Crippen LogP contribution in [0.1, 0.15) is 31.7 Å². The van der Waals surface area contributed by atoms with Gasteiger partial charge in [-0.2, -0.15) is 0 Å². The number of anilines is 1. The fraction of sp³-hybridized carbons (Fsp3) is 0.727. The molecule has 3 aliphatic rings. The number of hydrogen-bond donors (Lipinski definition) is 2. The second-order valence-electron chi connectivity index (χ2n) is 5.03. The van der Waals surface area contributed by atoms with Crippen LogP contribution in [0.4, 0.5) is 5.82 Å². The molecule has 16 heavy (non-hydrogen) atoms. The standard InChI is InChI=1S/C11H17N5/c1-2-4-9-8(3-1)11-13-6-14-16(11)10-5-12-7-15(9)10/h5,7-9,11,13-14H,1-4,6H2. The molecule has 1 saturated heterocycles. The summed E-state index contributed by atoms with van der Waals surface area (Å²) in [5, 5.41) is 5.83. The van der Waals surface area contributed by atoms with E-state index in [2.05, 4.69) is 25.3 Å². The van der Waals surface area contributed by atoms with Crippen molar-refractivity contribution >= 4 is 5.82 Å². The Morgan fingerprint density at radius 2 is 2.25 bits per heavy atom. The molecule has 1 saturated carbocycles. The minimum absolute atomic E-state index is 0.467. The summed E-state index contributed by atoms with van der Waals surface area (Å²) in [5.74, 6) is 1.95. The quantitative estimate of drug-likeness (QED) is 0.678. The smallest absolute Gasteiger partial charge is 0.144 e. The number of nitrogens with one attached hydrogen (secondary N) is 2. The third kappa shape index (κ3) is 1.05. The summed E-state index contributed by atoms with van der Waals surface area (Å²) < 4.78 is 2.36. The first-order valence-corrected chi connectivity index (χ1v) is 6.23. The van der Waals surface area contributed by atoms with Gasteiger partial charge in [0.2, 0.25) is 0 Å². The third-order valence-electron chi connectivity index (χ3n) is 4.28. The molecule has 0 radical (unpaired) electrons. The van der Waals surface area contributed by atoms with Crippen molar-refractivity contribution in [2.24, 2.45) is 5.92 Å². The SMILES string of the molecule is c1ncn2c1N1NCNC1C1CCCCC12. The maximum Gasteiger partial charge on any atom is 0.144 e. The Labute approximate surface area is 94.8 Å². The highest BCUT2D eigenvalue weighted by atomic mass is 15.7. The minimum atomic E-state index is 0.467. The van der Waals surface area contributed by atoms with E-state index in [1.54, 1.807) is 0 Å². The summed E-state index contributed by atoms with van der Waals surface area (Å²) in [6.45, 7) is 0.874. The van der Waals surface area contributed by atoms with Crippen LogP contribution in [-0.2, 0) is 0 Å². The number of aromatic nitrogens is 2. The zero-order valence-electron chi connectivity index (χ0n) is 9.26. The second kappa shape index (κ2) is 3.21. The molecule has 4 rings (SSSR count). The molecule has 0 aromatic carbocycles. The number of hydrazine groups is 1. The fourth-order valence-corrected chi connectivity index (χ4v) is 3.58. The molecule has 5 heteroatoms. The van der Waals surface area contributed by atoms with Crippen LogP contribution < -0.4 is 15.8 Å². The summed E-state index contributed by atoms with van der Waals surface area (Å²) in [5.41, 5.74) is 3.40. The van der Waals surface area contributed by atoms with Crippen molar-refractivity contribution in [1.82, 2.24) is 20.3 Å². The van der Waals surface area contributed by atoms with Crippen molar-refractivity contribution < 1.29 is 0 Å². The highest BCUT2D eigenvalue weighted by Crippen LogP contribution is 2.43. The molecule has 5 nitrogen and oxygen atoms in total. The maximum atomic E-state index is 4.31. The second-order valence-corrected chi connectivity index (χ2v) is 5.03. The van der Waals surface area contributed by atoms with Gasteiger partial charge in [-0.25, -0.2) is 10.4 Å². The van der Waals surface area contributed by atoms with Crippen LogP contribution in [0.15, 0.2) is 12.5 Å². The van der Waals surface area contributed by atoms with Gasteiger partial charge in [0, 0.05) is 12.0 Å². The van der Waals surface area contributed by atoms with E-state index in [9.17, 15) is 0 Å². The number of nitrogens with zero attached hydrogens (tertiary/aromatic N) is 3. The Kier molecular flexibility index (Phi) is 1.81. The molecule has 2 fully saturated rings. The van der Waals surface area contributed by atoms with Gasteiger partial charge in [-0.15, -0.1) is 0 Å². The Balaban J connectivity index is 1.82.